The van der Waals surface area contributed by atoms with Gasteiger partial charge >= 0.3 is 0 Å². The van der Waals surface area contributed by atoms with Crippen molar-refractivity contribution in [3.05, 3.63) is 29.3 Å². The first-order chi connectivity index (χ1) is 9.25. The quantitative estimate of drug-likeness (QED) is 0.839. The molecule has 1 aromatic carbocycles. The maximum absolute atomic E-state index is 11.6. The second-order valence-electron chi connectivity index (χ2n) is 4.63. The summed E-state index contributed by atoms with van der Waals surface area (Å²) in [5.74, 6) is 0.634. The van der Waals surface area contributed by atoms with Crippen molar-refractivity contribution in [2.24, 2.45) is 0 Å². The van der Waals surface area contributed by atoms with E-state index in [0.29, 0.717) is 36.4 Å². The van der Waals surface area contributed by atoms with Gasteiger partial charge in [0.1, 0.15) is 5.75 Å². The standard InChI is InChI=1S/C14H19ClN2O2/c15-12-5-1-2-6-13(12)19-9-7-14(18)17-10-11-4-3-8-16-11/h1-2,5-6,11,16H,3-4,7-10H2,(H,17,18). The molecule has 1 heterocycles. The van der Waals surface area contributed by atoms with Crippen LogP contribution in [-0.2, 0) is 4.79 Å². The number of ether oxygens (including phenoxy) is 1. The van der Waals surface area contributed by atoms with E-state index in [1.54, 1.807) is 12.1 Å². The molecule has 0 radical (unpaired) electrons. The van der Waals surface area contributed by atoms with Gasteiger partial charge in [0, 0.05) is 12.6 Å². The van der Waals surface area contributed by atoms with E-state index >= 15 is 0 Å². The fourth-order valence-corrected chi connectivity index (χ4v) is 2.26. The fourth-order valence-electron chi connectivity index (χ4n) is 2.07. The number of halogens is 1. The van der Waals surface area contributed by atoms with Gasteiger partial charge in [-0.2, -0.15) is 0 Å². The zero-order chi connectivity index (χ0) is 13.5. The summed E-state index contributed by atoms with van der Waals surface area (Å²) in [6.07, 6.45) is 2.67. The Kier molecular flexibility index (Phi) is 5.48. The highest BCUT2D eigenvalue weighted by atomic mass is 35.5. The van der Waals surface area contributed by atoms with E-state index in [9.17, 15) is 4.79 Å². The maximum atomic E-state index is 11.6. The van der Waals surface area contributed by atoms with Crippen LogP contribution in [0.15, 0.2) is 24.3 Å². The number of benzene rings is 1. The van der Waals surface area contributed by atoms with Gasteiger partial charge in [-0.25, -0.2) is 0 Å². The molecule has 104 valence electrons. The second kappa shape index (κ2) is 7.36. The first-order valence-corrected chi connectivity index (χ1v) is 7.01. The Hall–Kier alpha value is -1.26. The zero-order valence-corrected chi connectivity index (χ0v) is 11.6. The Morgan fingerprint density at radius 3 is 3.05 bits per heavy atom. The first-order valence-electron chi connectivity index (χ1n) is 6.63. The van der Waals surface area contributed by atoms with Gasteiger partial charge in [0.25, 0.3) is 0 Å². The monoisotopic (exact) mass is 282 g/mol. The van der Waals surface area contributed by atoms with E-state index < -0.39 is 0 Å². The number of carbonyl (C=O) groups is 1. The lowest BCUT2D eigenvalue weighted by Crippen LogP contribution is -2.37. The molecule has 1 fully saturated rings. The summed E-state index contributed by atoms with van der Waals surface area (Å²) in [5.41, 5.74) is 0. The van der Waals surface area contributed by atoms with Gasteiger partial charge in [-0.3, -0.25) is 4.79 Å². The number of nitrogens with one attached hydrogen (secondary N) is 2. The molecule has 4 nitrogen and oxygen atoms in total. The van der Waals surface area contributed by atoms with Crippen LogP contribution in [0.3, 0.4) is 0 Å². The SMILES string of the molecule is O=C(CCOc1ccccc1Cl)NCC1CCCN1. The van der Waals surface area contributed by atoms with Crippen molar-refractivity contribution in [1.82, 2.24) is 10.6 Å². The summed E-state index contributed by atoms with van der Waals surface area (Å²) in [6.45, 7) is 2.09. The van der Waals surface area contributed by atoms with Crippen molar-refractivity contribution in [3.8, 4) is 5.75 Å². The summed E-state index contributed by atoms with van der Waals surface area (Å²) >= 11 is 5.95. The molecule has 19 heavy (non-hydrogen) atoms. The molecule has 2 N–H and O–H groups in total. The Bertz CT molecular complexity index is 420. The molecule has 0 saturated carbocycles. The first kappa shape index (κ1) is 14.2. The van der Waals surface area contributed by atoms with Gasteiger partial charge in [0.05, 0.1) is 18.1 Å². The molecule has 0 aliphatic carbocycles. The topological polar surface area (TPSA) is 50.4 Å². The van der Waals surface area contributed by atoms with Gasteiger partial charge in [-0.05, 0) is 31.5 Å². The van der Waals surface area contributed by atoms with E-state index in [-0.39, 0.29) is 5.91 Å². The normalized spacial score (nSPS) is 18.3. The van der Waals surface area contributed by atoms with Crippen molar-refractivity contribution in [3.63, 3.8) is 0 Å². The molecule has 1 atom stereocenters. The van der Waals surface area contributed by atoms with Gasteiger partial charge < -0.3 is 15.4 Å². The van der Waals surface area contributed by atoms with Gasteiger partial charge in [0.15, 0.2) is 0 Å². The summed E-state index contributed by atoms with van der Waals surface area (Å²) < 4.78 is 5.47. The molecule has 0 bridgehead atoms. The van der Waals surface area contributed by atoms with E-state index in [1.165, 1.54) is 6.42 Å². The summed E-state index contributed by atoms with van der Waals surface area (Å²) in [6, 6.07) is 7.68. The molecule has 1 aliphatic heterocycles. The Labute approximate surface area is 118 Å². The van der Waals surface area contributed by atoms with Crippen LogP contribution in [0.2, 0.25) is 5.02 Å². The molecule has 1 amide bonds. The molecular formula is C14H19ClN2O2. The Morgan fingerprint density at radius 1 is 1.47 bits per heavy atom. The van der Waals surface area contributed by atoms with Crippen LogP contribution < -0.4 is 15.4 Å². The maximum Gasteiger partial charge on any atom is 0.223 e. The summed E-state index contributed by atoms with van der Waals surface area (Å²) in [5, 5.41) is 6.82. The molecular weight excluding hydrogens is 264 g/mol. The highest BCUT2D eigenvalue weighted by molar-refractivity contribution is 6.32. The van der Waals surface area contributed by atoms with Crippen molar-refractivity contribution < 1.29 is 9.53 Å². The molecule has 0 spiro atoms. The third-order valence-electron chi connectivity index (χ3n) is 3.13. The van der Waals surface area contributed by atoms with Crippen LogP contribution in [0, 0.1) is 0 Å². The smallest absolute Gasteiger partial charge is 0.223 e. The highest BCUT2D eigenvalue weighted by Crippen LogP contribution is 2.22. The van der Waals surface area contributed by atoms with Crippen LogP contribution in [0.1, 0.15) is 19.3 Å². The van der Waals surface area contributed by atoms with E-state index in [0.717, 1.165) is 13.0 Å². The van der Waals surface area contributed by atoms with Gasteiger partial charge in [-0.15, -0.1) is 0 Å². The summed E-state index contributed by atoms with van der Waals surface area (Å²) in [7, 11) is 0. The van der Waals surface area contributed by atoms with Crippen LogP contribution in [-0.4, -0.2) is 31.6 Å². The largest absolute Gasteiger partial charge is 0.491 e. The second-order valence-corrected chi connectivity index (χ2v) is 5.03. The lowest BCUT2D eigenvalue weighted by molar-refractivity contribution is -0.121. The minimum absolute atomic E-state index is 0.0146. The molecule has 5 heteroatoms. The third kappa shape index (κ3) is 4.73. The van der Waals surface area contributed by atoms with Gasteiger partial charge in [-0.1, -0.05) is 23.7 Å². The number of para-hydroxylation sites is 1. The zero-order valence-electron chi connectivity index (χ0n) is 10.8. The molecule has 1 saturated heterocycles. The average molecular weight is 283 g/mol. The number of hydrogen-bond acceptors (Lipinski definition) is 3. The fraction of sp³-hybridized carbons (Fsp3) is 0.500. The number of rotatable bonds is 6. The minimum Gasteiger partial charge on any atom is -0.491 e. The van der Waals surface area contributed by atoms with Gasteiger partial charge in [0.2, 0.25) is 5.91 Å². The van der Waals surface area contributed by atoms with E-state index in [2.05, 4.69) is 10.6 Å². The minimum atomic E-state index is 0.0146. The van der Waals surface area contributed by atoms with Crippen LogP contribution in [0.5, 0.6) is 5.75 Å². The Morgan fingerprint density at radius 2 is 2.32 bits per heavy atom. The molecule has 1 unspecified atom stereocenters. The van der Waals surface area contributed by atoms with Crippen molar-refractivity contribution in [1.29, 1.82) is 0 Å². The van der Waals surface area contributed by atoms with E-state index in [1.807, 2.05) is 12.1 Å². The third-order valence-corrected chi connectivity index (χ3v) is 3.44. The highest BCUT2D eigenvalue weighted by Gasteiger charge is 2.14. The molecule has 1 aromatic rings. The number of amides is 1. The number of hydrogen-bond donors (Lipinski definition) is 2. The van der Waals surface area contributed by atoms with Crippen molar-refractivity contribution in [2.75, 3.05) is 19.7 Å². The lowest BCUT2D eigenvalue weighted by Gasteiger charge is -2.12. The lowest BCUT2D eigenvalue weighted by atomic mass is 10.2. The molecule has 1 aliphatic rings. The van der Waals surface area contributed by atoms with Crippen LogP contribution >= 0.6 is 11.6 Å². The van der Waals surface area contributed by atoms with Crippen LogP contribution in [0.4, 0.5) is 0 Å². The predicted molar refractivity (Wildman–Crippen MR) is 75.6 cm³/mol. The van der Waals surface area contributed by atoms with Crippen molar-refractivity contribution in [2.45, 2.75) is 25.3 Å². The van der Waals surface area contributed by atoms with Crippen molar-refractivity contribution >= 4 is 17.5 Å². The Balaban J connectivity index is 1.62. The molecule has 2 rings (SSSR count). The number of carbonyl (C=O) groups excluding carboxylic acids is 1. The van der Waals surface area contributed by atoms with E-state index in [4.69, 9.17) is 16.3 Å². The van der Waals surface area contributed by atoms with Crippen LogP contribution in [0.25, 0.3) is 0 Å². The summed E-state index contributed by atoms with van der Waals surface area (Å²) in [4.78, 5) is 11.6. The molecule has 0 aromatic heterocycles. The average Bonchev–Trinajstić information content (AvgIpc) is 2.92. The predicted octanol–water partition coefficient (Wildman–Crippen LogP) is 1.98.